The van der Waals surface area contributed by atoms with Crippen LogP contribution in [-0.2, 0) is 10.0 Å². The maximum absolute atomic E-state index is 12.4. The fourth-order valence-corrected chi connectivity index (χ4v) is 3.70. The normalized spacial score (nSPS) is 13.0. The topological polar surface area (TPSA) is 63.4 Å². The minimum atomic E-state index is -3.55. The predicted octanol–water partition coefficient (Wildman–Crippen LogP) is 2.70. The van der Waals surface area contributed by atoms with Crippen LogP contribution >= 0.6 is 15.9 Å². The third-order valence-electron chi connectivity index (χ3n) is 2.36. The molecule has 0 aliphatic rings. The van der Waals surface area contributed by atoms with Crippen molar-refractivity contribution in [2.75, 3.05) is 19.3 Å². The van der Waals surface area contributed by atoms with E-state index in [0.29, 0.717) is 11.0 Å². The van der Waals surface area contributed by atoms with Gasteiger partial charge in [-0.15, -0.1) is 0 Å². The van der Waals surface area contributed by atoms with Gasteiger partial charge in [-0.3, -0.25) is 0 Å². The van der Waals surface area contributed by atoms with E-state index in [9.17, 15) is 8.42 Å². The molecule has 0 amide bonds. The van der Waals surface area contributed by atoms with Gasteiger partial charge in [0.2, 0.25) is 10.0 Å². The summed E-state index contributed by atoms with van der Waals surface area (Å²) < 4.78 is 26.8. The molecule has 4 nitrogen and oxygen atoms in total. The summed E-state index contributed by atoms with van der Waals surface area (Å²) in [5.41, 5.74) is 5.90. The zero-order chi connectivity index (χ0) is 14.1. The predicted molar refractivity (Wildman–Crippen MR) is 77.8 cm³/mol. The average molecular weight is 335 g/mol. The van der Waals surface area contributed by atoms with Gasteiger partial charge in [-0.25, -0.2) is 12.7 Å². The maximum atomic E-state index is 12.4. The molecule has 0 saturated carbocycles. The van der Waals surface area contributed by atoms with Gasteiger partial charge in [-0.05, 0) is 23.6 Å². The van der Waals surface area contributed by atoms with E-state index in [-0.39, 0.29) is 16.0 Å². The number of halogens is 1. The third kappa shape index (κ3) is 3.70. The fourth-order valence-electron chi connectivity index (χ4n) is 1.65. The van der Waals surface area contributed by atoms with Crippen molar-refractivity contribution in [1.82, 2.24) is 4.31 Å². The highest BCUT2D eigenvalue weighted by molar-refractivity contribution is 9.10. The van der Waals surface area contributed by atoms with Crippen molar-refractivity contribution in [2.24, 2.45) is 5.41 Å². The second-order valence-corrected chi connectivity index (χ2v) is 8.43. The lowest BCUT2D eigenvalue weighted by Crippen LogP contribution is -2.34. The molecule has 0 unspecified atom stereocenters. The molecule has 1 aromatic carbocycles. The SMILES string of the molecule is CN(CC(C)(C)C)S(=O)(=O)c1cc(Br)ccc1N. The van der Waals surface area contributed by atoms with E-state index in [2.05, 4.69) is 15.9 Å². The zero-order valence-corrected chi connectivity index (χ0v) is 13.5. The van der Waals surface area contributed by atoms with Crippen molar-refractivity contribution in [3.8, 4) is 0 Å². The molecule has 0 saturated heterocycles. The van der Waals surface area contributed by atoms with Crippen LogP contribution in [0.3, 0.4) is 0 Å². The van der Waals surface area contributed by atoms with Crippen LogP contribution in [0.1, 0.15) is 20.8 Å². The first kappa shape index (κ1) is 15.5. The quantitative estimate of drug-likeness (QED) is 0.864. The van der Waals surface area contributed by atoms with E-state index in [1.807, 2.05) is 20.8 Å². The van der Waals surface area contributed by atoms with Crippen molar-refractivity contribution in [1.29, 1.82) is 0 Å². The summed E-state index contributed by atoms with van der Waals surface area (Å²) >= 11 is 3.26. The van der Waals surface area contributed by atoms with Gasteiger partial charge in [0.1, 0.15) is 4.90 Å². The van der Waals surface area contributed by atoms with Gasteiger partial charge in [-0.2, -0.15) is 0 Å². The van der Waals surface area contributed by atoms with Crippen LogP contribution in [-0.4, -0.2) is 26.3 Å². The highest BCUT2D eigenvalue weighted by Crippen LogP contribution is 2.27. The van der Waals surface area contributed by atoms with Gasteiger partial charge < -0.3 is 5.73 Å². The molecule has 102 valence electrons. The van der Waals surface area contributed by atoms with Gasteiger partial charge >= 0.3 is 0 Å². The Morgan fingerprint density at radius 3 is 2.39 bits per heavy atom. The second kappa shape index (κ2) is 5.19. The van der Waals surface area contributed by atoms with Gasteiger partial charge in [0.05, 0.1) is 5.69 Å². The highest BCUT2D eigenvalue weighted by Gasteiger charge is 2.27. The van der Waals surface area contributed by atoms with Crippen LogP contribution < -0.4 is 5.73 Å². The smallest absolute Gasteiger partial charge is 0.244 e. The van der Waals surface area contributed by atoms with E-state index < -0.39 is 10.0 Å². The average Bonchev–Trinajstić information content (AvgIpc) is 2.19. The molecule has 6 heteroatoms. The van der Waals surface area contributed by atoms with Crippen LogP contribution in [0.15, 0.2) is 27.6 Å². The van der Waals surface area contributed by atoms with Crippen LogP contribution in [0, 0.1) is 5.41 Å². The minimum absolute atomic E-state index is 0.109. The fraction of sp³-hybridized carbons (Fsp3) is 0.500. The summed E-state index contributed by atoms with van der Waals surface area (Å²) in [6.07, 6.45) is 0. The largest absolute Gasteiger partial charge is 0.398 e. The van der Waals surface area contributed by atoms with E-state index in [4.69, 9.17) is 5.73 Å². The van der Waals surface area contributed by atoms with Crippen molar-refractivity contribution in [3.63, 3.8) is 0 Å². The minimum Gasteiger partial charge on any atom is -0.398 e. The first-order valence-corrected chi connectivity index (χ1v) is 7.79. The Hall–Kier alpha value is -0.590. The molecule has 0 bridgehead atoms. The molecule has 0 heterocycles. The summed E-state index contributed by atoms with van der Waals surface area (Å²) in [5.74, 6) is 0. The molecule has 0 aromatic heterocycles. The van der Waals surface area contributed by atoms with Crippen molar-refractivity contribution >= 4 is 31.6 Å². The van der Waals surface area contributed by atoms with Crippen LogP contribution in [0.5, 0.6) is 0 Å². The lowest BCUT2D eigenvalue weighted by atomic mass is 9.97. The molecule has 0 aliphatic carbocycles. The monoisotopic (exact) mass is 334 g/mol. The first-order chi connectivity index (χ1) is 8.04. The number of hydrogen-bond acceptors (Lipinski definition) is 3. The number of rotatable bonds is 3. The third-order valence-corrected chi connectivity index (χ3v) is 4.71. The highest BCUT2D eigenvalue weighted by atomic mass is 79.9. The number of nitrogens with zero attached hydrogens (tertiary/aromatic N) is 1. The summed E-state index contributed by atoms with van der Waals surface area (Å²) in [6, 6.07) is 4.84. The number of nitrogens with two attached hydrogens (primary N) is 1. The number of nitrogen functional groups attached to an aromatic ring is 1. The zero-order valence-electron chi connectivity index (χ0n) is 11.1. The van der Waals surface area contributed by atoms with E-state index >= 15 is 0 Å². The Labute approximate surface area is 117 Å². The first-order valence-electron chi connectivity index (χ1n) is 5.55. The maximum Gasteiger partial charge on any atom is 0.244 e. The van der Waals surface area contributed by atoms with E-state index in [1.54, 1.807) is 19.2 Å². The van der Waals surface area contributed by atoms with Crippen LogP contribution in [0.2, 0.25) is 0 Å². The van der Waals surface area contributed by atoms with E-state index in [0.717, 1.165) is 0 Å². The molecule has 1 aromatic rings. The Bertz CT molecular complexity index is 535. The Balaban J connectivity index is 3.17. The lowest BCUT2D eigenvalue weighted by Gasteiger charge is -2.26. The Morgan fingerprint density at radius 1 is 1.33 bits per heavy atom. The van der Waals surface area contributed by atoms with Crippen LogP contribution in [0.4, 0.5) is 5.69 Å². The number of hydrogen-bond donors (Lipinski definition) is 1. The molecule has 0 fully saturated rings. The molecular formula is C12H19BrN2O2S. The Morgan fingerprint density at radius 2 is 1.89 bits per heavy atom. The lowest BCUT2D eigenvalue weighted by molar-refractivity contribution is 0.311. The van der Waals surface area contributed by atoms with E-state index in [1.165, 1.54) is 10.4 Å². The summed E-state index contributed by atoms with van der Waals surface area (Å²) in [7, 11) is -1.98. The molecule has 0 spiro atoms. The van der Waals surface area contributed by atoms with Gasteiger partial charge in [0.25, 0.3) is 0 Å². The molecule has 0 radical (unpaired) electrons. The van der Waals surface area contributed by atoms with Crippen molar-refractivity contribution in [2.45, 2.75) is 25.7 Å². The molecule has 0 aliphatic heterocycles. The molecule has 0 atom stereocenters. The summed E-state index contributed by atoms with van der Waals surface area (Å²) in [6.45, 7) is 6.40. The molecule has 18 heavy (non-hydrogen) atoms. The standard InChI is InChI=1S/C12H19BrN2O2S/c1-12(2,3)8-15(4)18(16,17)11-7-9(13)5-6-10(11)14/h5-7H,8,14H2,1-4H3. The van der Waals surface area contributed by atoms with Crippen molar-refractivity contribution in [3.05, 3.63) is 22.7 Å². The molecule has 2 N–H and O–H groups in total. The van der Waals surface area contributed by atoms with Gasteiger partial charge in [0, 0.05) is 18.1 Å². The Kier molecular flexibility index (Phi) is 4.46. The second-order valence-electron chi connectivity index (χ2n) is 5.50. The van der Waals surface area contributed by atoms with Gasteiger partial charge in [0.15, 0.2) is 0 Å². The van der Waals surface area contributed by atoms with Gasteiger partial charge in [-0.1, -0.05) is 36.7 Å². The van der Waals surface area contributed by atoms with Crippen molar-refractivity contribution < 1.29 is 8.42 Å². The molecular weight excluding hydrogens is 316 g/mol. The number of sulfonamides is 1. The van der Waals surface area contributed by atoms with Crippen LogP contribution in [0.25, 0.3) is 0 Å². The molecule has 1 rings (SSSR count). The summed E-state index contributed by atoms with van der Waals surface area (Å²) in [5, 5.41) is 0. The number of anilines is 1. The number of benzene rings is 1. The summed E-state index contributed by atoms with van der Waals surface area (Å²) in [4.78, 5) is 0.142.